The molecule has 6 heteroatoms. The van der Waals surface area contributed by atoms with E-state index in [1.54, 1.807) is 25.4 Å². The summed E-state index contributed by atoms with van der Waals surface area (Å²) in [6, 6.07) is 7.29. The van der Waals surface area contributed by atoms with Gasteiger partial charge in [-0.25, -0.2) is 4.39 Å². The topological polar surface area (TPSA) is 45.5 Å². The molecule has 0 saturated heterocycles. The van der Waals surface area contributed by atoms with Crippen LogP contribution in [0.15, 0.2) is 41.3 Å². The highest BCUT2D eigenvalue weighted by Gasteiger charge is 2.26. The molecule has 22 heavy (non-hydrogen) atoms. The Morgan fingerprint density at radius 3 is 2.59 bits per heavy atom. The maximum absolute atomic E-state index is 13.6. The van der Waals surface area contributed by atoms with E-state index in [1.165, 1.54) is 27.7 Å². The Bertz CT molecular complexity index is 800. The van der Waals surface area contributed by atoms with Gasteiger partial charge in [0, 0.05) is 45.0 Å². The maximum Gasteiger partial charge on any atom is 0.258 e. The summed E-state index contributed by atoms with van der Waals surface area (Å²) in [6.45, 7) is 1.09. The Labute approximate surface area is 127 Å². The van der Waals surface area contributed by atoms with E-state index >= 15 is 0 Å². The van der Waals surface area contributed by atoms with Gasteiger partial charge in [-0.3, -0.25) is 9.59 Å². The van der Waals surface area contributed by atoms with Crippen LogP contribution in [0.1, 0.15) is 10.4 Å². The van der Waals surface area contributed by atoms with Gasteiger partial charge in [0.1, 0.15) is 5.82 Å². The van der Waals surface area contributed by atoms with Crippen LogP contribution in [0.25, 0.3) is 0 Å². The van der Waals surface area contributed by atoms with Crippen molar-refractivity contribution in [3.63, 3.8) is 0 Å². The Balaban J connectivity index is 2.04. The predicted molar refractivity (Wildman–Crippen MR) is 83.0 cm³/mol. The molecule has 0 unspecified atom stereocenters. The van der Waals surface area contributed by atoms with Gasteiger partial charge in [0.15, 0.2) is 0 Å². The van der Waals surface area contributed by atoms with E-state index in [1.807, 2.05) is 11.9 Å². The zero-order chi connectivity index (χ0) is 15.9. The quantitative estimate of drug-likeness (QED) is 0.804. The summed E-state index contributed by atoms with van der Waals surface area (Å²) < 4.78 is 15.0. The highest BCUT2D eigenvalue weighted by atomic mass is 19.1. The van der Waals surface area contributed by atoms with Gasteiger partial charge in [-0.15, -0.1) is 0 Å². The minimum absolute atomic E-state index is 0.251. The van der Waals surface area contributed by atoms with Crippen molar-refractivity contribution < 1.29 is 9.18 Å². The van der Waals surface area contributed by atoms with Crippen molar-refractivity contribution >= 4 is 17.3 Å². The Hall–Kier alpha value is -2.63. The minimum atomic E-state index is -0.393. The zero-order valence-corrected chi connectivity index (χ0v) is 12.4. The van der Waals surface area contributed by atoms with Crippen LogP contribution in [-0.2, 0) is 7.05 Å². The van der Waals surface area contributed by atoms with Crippen LogP contribution in [0.5, 0.6) is 0 Å². The number of carbonyl (C=O) groups excluding carboxylic acids is 1. The van der Waals surface area contributed by atoms with Crippen molar-refractivity contribution in [2.24, 2.45) is 7.05 Å². The van der Waals surface area contributed by atoms with Crippen molar-refractivity contribution in [2.45, 2.75) is 0 Å². The first-order valence-electron chi connectivity index (χ1n) is 6.96. The number of hydrogen-bond donors (Lipinski definition) is 0. The fourth-order valence-electron chi connectivity index (χ4n) is 2.57. The van der Waals surface area contributed by atoms with Crippen molar-refractivity contribution in [3.05, 3.63) is 58.3 Å². The fraction of sp³-hybridized carbons (Fsp3) is 0.250. The van der Waals surface area contributed by atoms with Crippen molar-refractivity contribution in [3.8, 4) is 0 Å². The van der Waals surface area contributed by atoms with Crippen LogP contribution in [0.4, 0.5) is 15.8 Å². The number of aromatic nitrogens is 1. The number of hydrogen-bond acceptors (Lipinski definition) is 3. The number of likely N-dealkylation sites (N-methyl/N-ethyl adjacent to an activating group) is 1. The highest BCUT2D eigenvalue weighted by molar-refractivity contribution is 6.08. The number of anilines is 2. The third-order valence-corrected chi connectivity index (χ3v) is 3.89. The Kier molecular flexibility index (Phi) is 3.44. The summed E-state index contributed by atoms with van der Waals surface area (Å²) in [5.74, 6) is -0.687. The number of benzene rings is 1. The van der Waals surface area contributed by atoms with Crippen LogP contribution >= 0.6 is 0 Å². The average molecular weight is 301 g/mol. The summed E-state index contributed by atoms with van der Waals surface area (Å²) >= 11 is 0. The lowest BCUT2D eigenvalue weighted by molar-refractivity contribution is 0.0986. The maximum atomic E-state index is 13.6. The van der Waals surface area contributed by atoms with E-state index in [-0.39, 0.29) is 11.5 Å². The SMILES string of the molecule is CN1CCN(C(=O)c2ccn(C)c(=O)c2)c2cc(F)ccc21. The normalized spacial score (nSPS) is 14.0. The molecule has 1 amide bonds. The van der Waals surface area contributed by atoms with E-state index in [9.17, 15) is 14.0 Å². The summed E-state index contributed by atoms with van der Waals surface area (Å²) in [4.78, 5) is 27.9. The minimum Gasteiger partial charge on any atom is -0.371 e. The molecule has 1 aromatic carbocycles. The molecular weight excluding hydrogens is 285 g/mol. The number of pyridine rings is 1. The van der Waals surface area contributed by atoms with Crippen LogP contribution in [0, 0.1) is 5.82 Å². The number of nitrogens with zero attached hydrogens (tertiary/aromatic N) is 3. The smallest absolute Gasteiger partial charge is 0.258 e. The molecule has 0 N–H and O–H groups in total. The first kappa shape index (κ1) is 14.3. The van der Waals surface area contributed by atoms with E-state index in [4.69, 9.17) is 0 Å². The molecule has 0 saturated carbocycles. The lowest BCUT2D eigenvalue weighted by atomic mass is 10.1. The Morgan fingerprint density at radius 1 is 1.09 bits per heavy atom. The summed E-state index contributed by atoms with van der Waals surface area (Å²) in [6.07, 6.45) is 1.55. The largest absolute Gasteiger partial charge is 0.371 e. The van der Waals surface area contributed by atoms with Gasteiger partial charge in [-0.05, 0) is 24.3 Å². The van der Waals surface area contributed by atoms with Crippen LogP contribution < -0.4 is 15.4 Å². The van der Waals surface area contributed by atoms with E-state index in [0.29, 0.717) is 24.3 Å². The summed E-state index contributed by atoms with van der Waals surface area (Å²) in [5.41, 5.74) is 1.38. The lowest BCUT2D eigenvalue weighted by Gasteiger charge is -2.35. The fourth-order valence-corrected chi connectivity index (χ4v) is 2.57. The van der Waals surface area contributed by atoms with Gasteiger partial charge in [-0.2, -0.15) is 0 Å². The van der Waals surface area contributed by atoms with Crippen LogP contribution in [-0.4, -0.2) is 30.6 Å². The van der Waals surface area contributed by atoms with Crippen molar-refractivity contribution in [1.29, 1.82) is 0 Å². The molecule has 3 rings (SSSR count). The monoisotopic (exact) mass is 301 g/mol. The first-order valence-corrected chi connectivity index (χ1v) is 6.96. The van der Waals surface area contributed by atoms with Gasteiger partial charge in [-0.1, -0.05) is 0 Å². The molecule has 1 aromatic heterocycles. The third kappa shape index (κ3) is 2.36. The van der Waals surface area contributed by atoms with Crippen molar-refractivity contribution in [1.82, 2.24) is 4.57 Å². The van der Waals surface area contributed by atoms with Crippen LogP contribution in [0.2, 0.25) is 0 Å². The van der Waals surface area contributed by atoms with Crippen molar-refractivity contribution in [2.75, 3.05) is 29.9 Å². The predicted octanol–water partition coefficient (Wildman–Crippen LogP) is 1.62. The molecule has 0 aliphatic carbocycles. The van der Waals surface area contributed by atoms with E-state index in [2.05, 4.69) is 0 Å². The second-order valence-corrected chi connectivity index (χ2v) is 5.38. The second-order valence-electron chi connectivity index (χ2n) is 5.38. The molecule has 2 heterocycles. The molecule has 2 aromatic rings. The Morgan fingerprint density at radius 2 is 1.86 bits per heavy atom. The van der Waals surface area contributed by atoms with Gasteiger partial charge < -0.3 is 14.4 Å². The molecule has 0 bridgehead atoms. The molecule has 1 aliphatic rings. The molecule has 0 spiro atoms. The second kappa shape index (κ2) is 5.29. The third-order valence-electron chi connectivity index (χ3n) is 3.89. The van der Waals surface area contributed by atoms with Gasteiger partial charge in [0.25, 0.3) is 11.5 Å². The number of rotatable bonds is 1. The molecule has 5 nitrogen and oxygen atoms in total. The molecular formula is C16H16FN3O2. The van der Waals surface area contributed by atoms with E-state index in [0.717, 1.165) is 5.69 Å². The highest BCUT2D eigenvalue weighted by Crippen LogP contribution is 2.33. The average Bonchev–Trinajstić information content (AvgIpc) is 2.49. The van der Waals surface area contributed by atoms with E-state index < -0.39 is 5.82 Å². The molecule has 114 valence electrons. The zero-order valence-electron chi connectivity index (χ0n) is 12.4. The lowest BCUT2D eigenvalue weighted by Crippen LogP contribution is -2.43. The van der Waals surface area contributed by atoms with Gasteiger partial charge in [0.05, 0.1) is 11.4 Å². The summed E-state index contributed by atoms with van der Waals surface area (Å²) in [5, 5.41) is 0. The molecule has 1 aliphatic heterocycles. The van der Waals surface area contributed by atoms with Gasteiger partial charge in [0.2, 0.25) is 0 Å². The number of amides is 1. The van der Waals surface area contributed by atoms with Gasteiger partial charge >= 0.3 is 0 Å². The number of carbonyl (C=O) groups is 1. The number of fused-ring (bicyclic) bond motifs is 1. The number of aryl methyl sites for hydroxylation is 1. The molecule has 0 radical (unpaired) electrons. The summed E-state index contributed by atoms with van der Waals surface area (Å²) in [7, 11) is 3.52. The molecule has 0 fully saturated rings. The first-order chi connectivity index (χ1) is 10.5. The van der Waals surface area contributed by atoms with Crippen LogP contribution in [0.3, 0.4) is 0 Å². The molecule has 0 atom stereocenters. The number of halogens is 1. The standard InChI is InChI=1S/C16H16FN3O2/c1-18-7-8-20(14-10-12(17)3-4-13(14)18)16(22)11-5-6-19(2)15(21)9-11/h3-6,9-10H,7-8H2,1-2H3.